The molecule has 9 heteroatoms. The third kappa shape index (κ3) is 4.05. The van der Waals surface area contributed by atoms with Gasteiger partial charge in [0.25, 0.3) is 0 Å². The third-order valence-corrected chi connectivity index (χ3v) is 8.54. The Labute approximate surface area is 215 Å². The van der Waals surface area contributed by atoms with Crippen LogP contribution in [-0.2, 0) is 21.4 Å². The molecule has 1 spiro atoms. The standard InChI is InChI=1S/C27H31ClN4O4/c1-26(35)14-19(15-26)32-23(33)5-2-17-12-20(16-29-24(17)32)36-11-10-31-8-6-27(7-9-31)21-13-18(28)3-4-22(21)30-25(27)34/h3-4,12-13,16,19,35H,2,5-11,14-15H2,1H3,(H,30,34). The van der Waals surface area contributed by atoms with E-state index < -0.39 is 11.0 Å². The second kappa shape index (κ2) is 8.71. The van der Waals surface area contributed by atoms with Crippen LogP contribution in [0.15, 0.2) is 30.5 Å². The van der Waals surface area contributed by atoms with Gasteiger partial charge >= 0.3 is 0 Å². The molecule has 2 amide bonds. The normalized spacial score (nSPS) is 26.9. The number of anilines is 2. The minimum atomic E-state index is -0.697. The van der Waals surface area contributed by atoms with Crippen molar-refractivity contribution in [1.82, 2.24) is 9.88 Å². The summed E-state index contributed by atoms with van der Waals surface area (Å²) in [6.45, 7) is 4.72. The van der Waals surface area contributed by atoms with E-state index in [2.05, 4.69) is 15.2 Å². The number of carbonyl (C=O) groups excluding carboxylic acids is 2. The molecule has 2 aromatic rings. The number of nitrogens with one attached hydrogen (secondary N) is 1. The van der Waals surface area contributed by atoms with Gasteiger partial charge < -0.3 is 15.2 Å². The fraction of sp³-hybridized carbons (Fsp3) is 0.519. The largest absolute Gasteiger partial charge is 0.491 e. The van der Waals surface area contributed by atoms with Crippen molar-refractivity contribution in [1.29, 1.82) is 0 Å². The van der Waals surface area contributed by atoms with Crippen LogP contribution in [-0.4, -0.2) is 64.7 Å². The maximum atomic E-state index is 12.8. The minimum Gasteiger partial charge on any atom is -0.491 e. The van der Waals surface area contributed by atoms with E-state index in [0.717, 1.165) is 49.3 Å². The highest BCUT2D eigenvalue weighted by atomic mass is 35.5. The van der Waals surface area contributed by atoms with Gasteiger partial charge in [-0.3, -0.25) is 19.4 Å². The first-order valence-electron chi connectivity index (χ1n) is 12.7. The number of rotatable bonds is 5. The second-order valence-corrected chi connectivity index (χ2v) is 11.3. The Morgan fingerprint density at radius 3 is 2.72 bits per heavy atom. The summed E-state index contributed by atoms with van der Waals surface area (Å²) < 4.78 is 6.04. The number of likely N-dealkylation sites (tertiary alicyclic amines) is 1. The molecule has 0 unspecified atom stereocenters. The molecular weight excluding hydrogens is 480 g/mol. The molecule has 1 aliphatic carbocycles. The number of amides is 2. The summed E-state index contributed by atoms with van der Waals surface area (Å²) in [5.41, 5.74) is 1.73. The molecular formula is C27H31ClN4O4. The molecule has 8 nitrogen and oxygen atoms in total. The van der Waals surface area contributed by atoms with Crippen molar-refractivity contribution in [3.05, 3.63) is 46.6 Å². The lowest BCUT2D eigenvalue weighted by atomic mass is 9.73. The first-order valence-corrected chi connectivity index (χ1v) is 13.1. The van der Waals surface area contributed by atoms with E-state index in [1.54, 1.807) is 11.1 Å². The SMILES string of the molecule is CC1(O)CC(N2C(=O)CCc3cc(OCCN4CCC5(CC4)C(=O)Nc4ccc(Cl)cc45)cnc32)C1. The summed E-state index contributed by atoms with van der Waals surface area (Å²) in [6.07, 6.45) is 5.46. The first-order chi connectivity index (χ1) is 17.2. The van der Waals surface area contributed by atoms with Crippen LogP contribution in [0.1, 0.15) is 50.2 Å². The number of piperidine rings is 1. The van der Waals surface area contributed by atoms with E-state index in [0.29, 0.717) is 48.9 Å². The van der Waals surface area contributed by atoms with Crippen molar-refractivity contribution in [2.24, 2.45) is 0 Å². The van der Waals surface area contributed by atoms with Gasteiger partial charge in [-0.25, -0.2) is 4.98 Å². The highest BCUT2D eigenvalue weighted by Gasteiger charge is 2.48. The number of nitrogens with zero attached hydrogens (tertiary/aromatic N) is 3. The van der Waals surface area contributed by atoms with Crippen LogP contribution in [0.5, 0.6) is 5.75 Å². The lowest BCUT2D eigenvalue weighted by Gasteiger charge is -2.47. The van der Waals surface area contributed by atoms with Gasteiger partial charge in [0.05, 0.1) is 17.2 Å². The molecule has 1 aromatic heterocycles. The summed E-state index contributed by atoms with van der Waals surface area (Å²) in [7, 11) is 0. The van der Waals surface area contributed by atoms with Crippen LogP contribution in [0.25, 0.3) is 0 Å². The zero-order valence-electron chi connectivity index (χ0n) is 20.4. The number of carbonyl (C=O) groups is 2. The van der Waals surface area contributed by atoms with E-state index >= 15 is 0 Å². The molecule has 2 fully saturated rings. The molecule has 1 aromatic carbocycles. The average Bonchev–Trinajstić information content (AvgIpc) is 3.09. The van der Waals surface area contributed by atoms with E-state index in [1.807, 2.05) is 31.2 Å². The Kier molecular flexibility index (Phi) is 5.74. The molecule has 3 aliphatic heterocycles. The van der Waals surface area contributed by atoms with Crippen molar-refractivity contribution < 1.29 is 19.4 Å². The maximum absolute atomic E-state index is 12.8. The highest BCUT2D eigenvalue weighted by molar-refractivity contribution is 6.31. The van der Waals surface area contributed by atoms with E-state index in [4.69, 9.17) is 16.3 Å². The molecule has 4 aliphatic rings. The number of hydrogen-bond acceptors (Lipinski definition) is 6. The molecule has 2 N–H and O–H groups in total. The van der Waals surface area contributed by atoms with E-state index in [-0.39, 0.29) is 17.9 Å². The number of fused-ring (bicyclic) bond motifs is 3. The van der Waals surface area contributed by atoms with Crippen molar-refractivity contribution in [2.75, 3.05) is 36.5 Å². The van der Waals surface area contributed by atoms with Gasteiger partial charge in [0.1, 0.15) is 18.2 Å². The van der Waals surface area contributed by atoms with Gasteiger partial charge in [-0.1, -0.05) is 11.6 Å². The van der Waals surface area contributed by atoms with Gasteiger partial charge in [-0.15, -0.1) is 0 Å². The smallest absolute Gasteiger partial charge is 0.235 e. The minimum absolute atomic E-state index is 0.0122. The second-order valence-electron chi connectivity index (χ2n) is 10.9. The number of ether oxygens (including phenoxy) is 1. The molecule has 1 saturated heterocycles. The van der Waals surface area contributed by atoms with Crippen LogP contribution in [0, 0.1) is 0 Å². The van der Waals surface area contributed by atoms with Crippen LogP contribution < -0.4 is 15.0 Å². The molecule has 0 atom stereocenters. The first kappa shape index (κ1) is 23.7. The number of halogens is 1. The number of benzene rings is 1. The van der Waals surface area contributed by atoms with Crippen molar-refractivity contribution >= 4 is 34.9 Å². The summed E-state index contributed by atoms with van der Waals surface area (Å²) in [5, 5.41) is 13.8. The molecule has 36 heavy (non-hydrogen) atoms. The maximum Gasteiger partial charge on any atom is 0.235 e. The van der Waals surface area contributed by atoms with Crippen molar-refractivity contribution in [3.63, 3.8) is 0 Å². The fourth-order valence-electron chi connectivity index (χ4n) is 6.29. The topological polar surface area (TPSA) is 95.0 Å². The summed E-state index contributed by atoms with van der Waals surface area (Å²) >= 11 is 6.22. The molecule has 0 bridgehead atoms. The van der Waals surface area contributed by atoms with Gasteiger partial charge in [-0.2, -0.15) is 0 Å². The van der Waals surface area contributed by atoms with Crippen LogP contribution in [0.2, 0.25) is 5.02 Å². The van der Waals surface area contributed by atoms with Crippen LogP contribution in [0.4, 0.5) is 11.5 Å². The summed E-state index contributed by atoms with van der Waals surface area (Å²) in [6, 6.07) is 7.64. The zero-order chi connectivity index (χ0) is 25.1. The Balaban J connectivity index is 1.05. The quantitative estimate of drug-likeness (QED) is 0.641. The van der Waals surface area contributed by atoms with Gasteiger partial charge in [0.2, 0.25) is 11.8 Å². The predicted octanol–water partition coefficient (Wildman–Crippen LogP) is 3.29. The average molecular weight is 511 g/mol. The molecule has 6 rings (SSSR count). The van der Waals surface area contributed by atoms with Gasteiger partial charge in [0, 0.05) is 29.7 Å². The van der Waals surface area contributed by atoms with E-state index in [1.165, 1.54) is 0 Å². The molecule has 1 saturated carbocycles. The van der Waals surface area contributed by atoms with Gasteiger partial charge in [-0.05, 0) is 87.5 Å². The molecule has 0 radical (unpaired) electrons. The number of aryl methyl sites for hydroxylation is 1. The molecule has 4 heterocycles. The Bertz CT molecular complexity index is 1220. The highest BCUT2D eigenvalue weighted by Crippen LogP contribution is 2.46. The third-order valence-electron chi connectivity index (χ3n) is 8.30. The monoisotopic (exact) mass is 510 g/mol. The summed E-state index contributed by atoms with van der Waals surface area (Å²) in [4.78, 5) is 34.1. The van der Waals surface area contributed by atoms with Crippen LogP contribution in [0.3, 0.4) is 0 Å². The lowest BCUT2D eigenvalue weighted by molar-refractivity contribution is -0.123. The van der Waals surface area contributed by atoms with Gasteiger partial charge in [0.15, 0.2) is 0 Å². The van der Waals surface area contributed by atoms with Crippen LogP contribution >= 0.6 is 11.6 Å². The number of hydrogen-bond donors (Lipinski definition) is 2. The number of aromatic nitrogens is 1. The fourth-order valence-corrected chi connectivity index (χ4v) is 6.46. The Morgan fingerprint density at radius 2 is 1.97 bits per heavy atom. The van der Waals surface area contributed by atoms with E-state index in [9.17, 15) is 14.7 Å². The Hall–Kier alpha value is -2.68. The molecule has 190 valence electrons. The number of pyridine rings is 1. The summed E-state index contributed by atoms with van der Waals surface area (Å²) in [5.74, 6) is 1.56. The Morgan fingerprint density at radius 1 is 1.19 bits per heavy atom. The lowest BCUT2D eigenvalue weighted by Crippen LogP contribution is -2.57. The number of aliphatic hydroxyl groups is 1. The van der Waals surface area contributed by atoms with Crippen molar-refractivity contribution in [3.8, 4) is 5.75 Å². The van der Waals surface area contributed by atoms with Crippen molar-refractivity contribution in [2.45, 2.75) is 62.5 Å². The zero-order valence-corrected chi connectivity index (χ0v) is 21.2. The predicted molar refractivity (Wildman–Crippen MR) is 137 cm³/mol.